The molecule has 0 amide bonds. The Balaban J connectivity index is 2.09. The molecule has 0 spiro atoms. The molecular weight excluding hydrogens is 250 g/mol. The lowest BCUT2D eigenvalue weighted by atomic mass is 10.0. The van der Waals surface area contributed by atoms with Gasteiger partial charge in [-0.25, -0.2) is 4.98 Å². The number of rotatable bonds is 7. The van der Waals surface area contributed by atoms with Gasteiger partial charge in [-0.05, 0) is 31.0 Å². The van der Waals surface area contributed by atoms with E-state index in [1.807, 2.05) is 43.6 Å². The third-order valence-corrected chi connectivity index (χ3v) is 3.27. The van der Waals surface area contributed by atoms with Crippen molar-refractivity contribution in [1.29, 1.82) is 0 Å². The van der Waals surface area contributed by atoms with Gasteiger partial charge < -0.3 is 15.0 Å². The van der Waals surface area contributed by atoms with Crippen LogP contribution in [-0.2, 0) is 13.0 Å². The van der Waals surface area contributed by atoms with E-state index in [0.717, 1.165) is 36.5 Å². The standard InChI is InChI=1S/C16H23N3O/c1-3-9-19-10-8-18-16(19)12-15(17)13-6-5-7-14(11-13)20-4-2/h5-8,10-11,15H,3-4,9,12,17H2,1-2H3. The van der Waals surface area contributed by atoms with Gasteiger partial charge in [0.05, 0.1) is 6.61 Å². The molecule has 20 heavy (non-hydrogen) atoms. The molecule has 0 aliphatic carbocycles. The van der Waals surface area contributed by atoms with Crippen molar-refractivity contribution in [3.8, 4) is 5.75 Å². The van der Waals surface area contributed by atoms with E-state index in [-0.39, 0.29) is 6.04 Å². The molecule has 4 nitrogen and oxygen atoms in total. The van der Waals surface area contributed by atoms with E-state index in [9.17, 15) is 0 Å². The summed E-state index contributed by atoms with van der Waals surface area (Å²) in [6, 6.07) is 7.94. The van der Waals surface area contributed by atoms with Crippen LogP contribution in [0.4, 0.5) is 0 Å². The Kier molecular flexibility index (Phi) is 5.18. The zero-order valence-corrected chi connectivity index (χ0v) is 12.2. The SMILES string of the molecule is CCCn1ccnc1CC(N)c1cccc(OCC)c1. The highest BCUT2D eigenvalue weighted by molar-refractivity contribution is 5.30. The molecule has 1 aromatic carbocycles. The van der Waals surface area contributed by atoms with Crippen molar-refractivity contribution in [1.82, 2.24) is 9.55 Å². The molecule has 2 aromatic rings. The lowest BCUT2D eigenvalue weighted by Crippen LogP contribution is -2.16. The smallest absolute Gasteiger partial charge is 0.119 e. The third-order valence-electron chi connectivity index (χ3n) is 3.27. The monoisotopic (exact) mass is 273 g/mol. The lowest BCUT2D eigenvalue weighted by Gasteiger charge is -2.14. The first kappa shape index (κ1) is 14.6. The van der Waals surface area contributed by atoms with Gasteiger partial charge in [-0.1, -0.05) is 19.1 Å². The predicted octanol–water partition coefficient (Wildman–Crippen LogP) is 2.93. The number of aromatic nitrogens is 2. The van der Waals surface area contributed by atoms with Crippen molar-refractivity contribution in [3.63, 3.8) is 0 Å². The van der Waals surface area contributed by atoms with Gasteiger partial charge in [0, 0.05) is 31.4 Å². The Labute approximate surface area is 120 Å². The molecule has 2 N–H and O–H groups in total. The molecule has 1 atom stereocenters. The van der Waals surface area contributed by atoms with E-state index < -0.39 is 0 Å². The maximum absolute atomic E-state index is 6.31. The average Bonchev–Trinajstić information content (AvgIpc) is 2.87. The molecule has 1 aromatic heterocycles. The molecule has 108 valence electrons. The summed E-state index contributed by atoms with van der Waals surface area (Å²) in [5.41, 5.74) is 7.39. The summed E-state index contributed by atoms with van der Waals surface area (Å²) in [4.78, 5) is 4.41. The molecular formula is C16H23N3O. The minimum Gasteiger partial charge on any atom is -0.494 e. The van der Waals surface area contributed by atoms with Crippen LogP contribution in [-0.4, -0.2) is 16.2 Å². The Morgan fingerprint density at radius 2 is 2.20 bits per heavy atom. The number of ether oxygens (including phenoxy) is 1. The van der Waals surface area contributed by atoms with Gasteiger partial charge in [-0.15, -0.1) is 0 Å². The Bertz CT molecular complexity index is 536. The van der Waals surface area contributed by atoms with Crippen LogP contribution in [0.15, 0.2) is 36.7 Å². The second-order valence-corrected chi connectivity index (χ2v) is 4.85. The highest BCUT2D eigenvalue weighted by Crippen LogP contribution is 2.20. The van der Waals surface area contributed by atoms with Crippen molar-refractivity contribution >= 4 is 0 Å². The van der Waals surface area contributed by atoms with E-state index in [2.05, 4.69) is 16.5 Å². The second-order valence-electron chi connectivity index (χ2n) is 4.85. The zero-order valence-electron chi connectivity index (χ0n) is 12.2. The molecule has 1 unspecified atom stereocenters. The quantitative estimate of drug-likeness (QED) is 0.844. The fourth-order valence-electron chi connectivity index (χ4n) is 2.29. The first-order valence-electron chi connectivity index (χ1n) is 7.23. The van der Waals surface area contributed by atoms with Crippen LogP contribution < -0.4 is 10.5 Å². The summed E-state index contributed by atoms with van der Waals surface area (Å²) >= 11 is 0. The molecule has 0 fully saturated rings. The van der Waals surface area contributed by atoms with Gasteiger partial charge in [0.25, 0.3) is 0 Å². The normalized spacial score (nSPS) is 12.3. The molecule has 1 heterocycles. The van der Waals surface area contributed by atoms with Crippen molar-refractivity contribution in [2.45, 2.75) is 39.3 Å². The van der Waals surface area contributed by atoms with E-state index in [4.69, 9.17) is 10.5 Å². The van der Waals surface area contributed by atoms with Crippen LogP contribution in [0.3, 0.4) is 0 Å². The fourth-order valence-corrected chi connectivity index (χ4v) is 2.29. The summed E-state index contributed by atoms with van der Waals surface area (Å²) in [6.07, 6.45) is 5.69. The fraction of sp³-hybridized carbons (Fsp3) is 0.438. The maximum atomic E-state index is 6.31. The number of nitrogens with zero attached hydrogens (tertiary/aromatic N) is 2. The van der Waals surface area contributed by atoms with Crippen molar-refractivity contribution in [3.05, 3.63) is 48.0 Å². The average molecular weight is 273 g/mol. The first-order valence-corrected chi connectivity index (χ1v) is 7.23. The number of hydrogen-bond donors (Lipinski definition) is 1. The van der Waals surface area contributed by atoms with Gasteiger partial charge in [0.1, 0.15) is 11.6 Å². The molecule has 2 rings (SSSR count). The topological polar surface area (TPSA) is 53.1 Å². The van der Waals surface area contributed by atoms with Crippen LogP contribution >= 0.6 is 0 Å². The van der Waals surface area contributed by atoms with E-state index in [1.54, 1.807) is 0 Å². The van der Waals surface area contributed by atoms with Gasteiger partial charge >= 0.3 is 0 Å². The Morgan fingerprint density at radius 3 is 2.95 bits per heavy atom. The van der Waals surface area contributed by atoms with Crippen molar-refractivity contribution in [2.24, 2.45) is 5.73 Å². The number of hydrogen-bond acceptors (Lipinski definition) is 3. The van der Waals surface area contributed by atoms with Gasteiger partial charge in [-0.2, -0.15) is 0 Å². The first-order chi connectivity index (χ1) is 9.74. The van der Waals surface area contributed by atoms with Crippen LogP contribution in [0.25, 0.3) is 0 Å². The van der Waals surface area contributed by atoms with Gasteiger partial charge in [-0.3, -0.25) is 0 Å². The summed E-state index contributed by atoms with van der Waals surface area (Å²) < 4.78 is 7.69. The highest BCUT2D eigenvalue weighted by atomic mass is 16.5. The number of nitrogens with two attached hydrogens (primary N) is 1. The second kappa shape index (κ2) is 7.10. The van der Waals surface area contributed by atoms with Gasteiger partial charge in [0.2, 0.25) is 0 Å². The molecule has 0 saturated heterocycles. The van der Waals surface area contributed by atoms with Crippen LogP contribution in [0.2, 0.25) is 0 Å². The van der Waals surface area contributed by atoms with Gasteiger partial charge in [0.15, 0.2) is 0 Å². The predicted molar refractivity (Wildman–Crippen MR) is 80.8 cm³/mol. The van der Waals surface area contributed by atoms with Crippen molar-refractivity contribution in [2.75, 3.05) is 6.61 Å². The van der Waals surface area contributed by atoms with Crippen LogP contribution in [0.5, 0.6) is 5.75 Å². The molecule has 0 bridgehead atoms. The lowest BCUT2D eigenvalue weighted by molar-refractivity contribution is 0.339. The number of benzene rings is 1. The molecule has 0 radical (unpaired) electrons. The number of imidazole rings is 1. The van der Waals surface area contributed by atoms with E-state index in [0.29, 0.717) is 6.61 Å². The maximum Gasteiger partial charge on any atom is 0.119 e. The van der Waals surface area contributed by atoms with Crippen LogP contribution in [0.1, 0.15) is 37.7 Å². The summed E-state index contributed by atoms with van der Waals surface area (Å²) in [7, 11) is 0. The summed E-state index contributed by atoms with van der Waals surface area (Å²) in [5.74, 6) is 1.92. The Hall–Kier alpha value is -1.81. The molecule has 0 aliphatic heterocycles. The third kappa shape index (κ3) is 3.61. The van der Waals surface area contributed by atoms with Crippen LogP contribution in [0, 0.1) is 0 Å². The highest BCUT2D eigenvalue weighted by Gasteiger charge is 2.11. The Morgan fingerprint density at radius 1 is 1.35 bits per heavy atom. The van der Waals surface area contributed by atoms with E-state index >= 15 is 0 Å². The summed E-state index contributed by atoms with van der Waals surface area (Å²) in [5, 5.41) is 0. The molecule has 0 saturated carbocycles. The molecule has 0 aliphatic rings. The number of aryl methyl sites for hydroxylation is 1. The zero-order chi connectivity index (χ0) is 14.4. The minimum atomic E-state index is -0.0617. The molecule has 4 heteroatoms. The van der Waals surface area contributed by atoms with Crippen molar-refractivity contribution < 1.29 is 4.74 Å². The largest absolute Gasteiger partial charge is 0.494 e. The van der Waals surface area contributed by atoms with E-state index in [1.165, 1.54) is 0 Å². The summed E-state index contributed by atoms with van der Waals surface area (Å²) in [6.45, 7) is 5.80. The minimum absolute atomic E-state index is 0.0617.